The number of allylic oxidation sites excluding steroid dienone is 2. The van der Waals surface area contributed by atoms with Crippen LogP contribution in [0.2, 0.25) is 0 Å². The van der Waals surface area contributed by atoms with E-state index in [1.54, 1.807) is 6.08 Å². The van der Waals surface area contributed by atoms with Crippen molar-refractivity contribution in [2.24, 2.45) is 0 Å². The minimum atomic E-state index is 1.01. The third kappa shape index (κ3) is 9.19. The van der Waals surface area contributed by atoms with E-state index in [1.165, 1.54) is 5.69 Å². The van der Waals surface area contributed by atoms with Crippen LogP contribution in [-0.4, -0.2) is 6.54 Å². The Hall–Kier alpha value is -1.76. The maximum atomic E-state index is 3.36. The molecule has 0 aliphatic carbocycles. The Morgan fingerprint density at radius 3 is 1.94 bits per heavy atom. The Labute approximate surface area is 107 Å². The van der Waals surface area contributed by atoms with Crippen molar-refractivity contribution < 1.29 is 0 Å². The highest BCUT2D eigenvalue weighted by atomic mass is 15.1. The van der Waals surface area contributed by atoms with E-state index in [-0.39, 0.29) is 0 Å². The van der Waals surface area contributed by atoms with Crippen molar-refractivity contribution in [1.29, 1.82) is 0 Å². The molecule has 0 atom stereocenters. The predicted molar refractivity (Wildman–Crippen MR) is 81.4 cm³/mol. The van der Waals surface area contributed by atoms with Gasteiger partial charge in [-0.1, -0.05) is 30.4 Å². The molecule has 94 valence electrons. The van der Waals surface area contributed by atoms with Crippen LogP contribution in [0.25, 0.3) is 0 Å². The molecule has 0 amide bonds. The van der Waals surface area contributed by atoms with Gasteiger partial charge in [0.2, 0.25) is 0 Å². The van der Waals surface area contributed by atoms with E-state index in [0.29, 0.717) is 0 Å². The van der Waals surface area contributed by atoms with Crippen LogP contribution in [0, 0.1) is 0 Å². The first-order valence-corrected chi connectivity index (χ1v) is 5.81. The van der Waals surface area contributed by atoms with Gasteiger partial charge >= 0.3 is 0 Å². The molecule has 0 aliphatic rings. The summed E-state index contributed by atoms with van der Waals surface area (Å²) in [6.45, 7) is 16.4. The summed E-state index contributed by atoms with van der Waals surface area (Å²) in [5, 5.41) is 0. The largest absolute Gasteiger partial charge is 0.349 e. The SMILES string of the molecule is C/C=C/N(CC)c1ccccc1.C=C.C=CC. The number of benzene rings is 1. The molecule has 17 heavy (non-hydrogen) atoms. The zero-order valence-corrected chi connectivity index (χ0v) is 11.4. The molecule has 1 aromatic rings. The number of hydrogen-bond donors (Lipinski definition) is 0. The average molecular weight is 231 g/mol. The van der Waals surface area contributed by atoms with Crippen LogP contribution in [0.3, 0.4) is 0 Å². The number of hydrogen-bond acceptors (Lipinski definition) is 1. The molecule has 0 saturated carbocycles. The summed E-state index contributed by atoms with van der Waals surface area (Å²) < 4.78 is 0. The lowest BCUT2D eigenvalue weighted by Gasteiger charge is -2.17. The Bertz CT molecular complexity index is 288. The van der Waals surface area contributed by atoms with Gasteiger partial charge in [0.15, 0.2) is 0 Å². The van der Waals surface area contributed by atoms with Crippen molar-refractivity contribution in [2.45, 2.75) is 20.8 Å². The smallest absolute Gasteiger partial charge is 0.0405 e. The van der Waals surface area contributed by atoms with Crippen LogP contribution < -0.4 is 4.90 Å². The molecule has 0 N–H and O–H groups in total. The second-order valence-electron chi connectivity index (χ2n) is 3.01. The highest BCUT2D eigenvalue weighted by Crippen LogP contribution is 2.12. The predicted octanol–water partition coefficient (Wildman–Crippen LogP) is 5.04. The van der Waals surface area contributed by atoms with E-state index in [4.69, 9.17) is 0 Å². The number of nitrogens with zero attached hydrogens (tertiary/aromatic N) is 1. The van der Waals surface area contributed by atoms with Gasteiger partial charge in [-0.2, -0.15) is 0 Å². The van der Waals surface area contributed by atoms with Crippen LogP contribution in [0.15, 0.2) is 68.4 Å². The molecule has 1 nitrogen and oxygen atoms in total. The second-order valence-corrected chi connectivity index (χ2v) is 3.01. The van der Waals surface area contributed by atoms with Gasteiger partial charge in [-0.3, -0.25) is 0 Å². The molecule has 0 saturated heterocycles. The fourth-order valence-electron chi connectivity index (χ4n) is 1.17. The fourth-order valence-corrected chi connectivity index (χ4v) is 1.17. The van der Waals surface area contributed by atoms with Crippen LogP contribution in [-0.2, 0) is 0 Å². The summed E-state index contributed by atoms with van der Waals surface area (Å²) >= 11 is 0. The zero-order valence-electron chi connectivity index (χ0n) is 11.4. The topological polar surface area (TPSA) is 3.24 Å². The van der Waals surface area contributed by atoms with Gasteiger partial charge in [0.1, 0.15) is 0 Å². The molecule has 0 aliphatic heterocycles. The van der Waals surface area contributed by atoms with Crippen LogP contribution in [0.1, 0.15) is 20.8 Å². The van der Waals surface area contributed by atoms with Gasteiger partial charge in [0.25, 0.3) is 0 Å². The summed E-state index contributed by atoms with van der Waals surface area (Å²) in [7, 11) is 0. The van der Waals surface area contributed by atoms with Crippen LogP contribution >= 0.6 is 0 Å². The Morgan fingerprint density at radius 1 is 1.12 bits per heavy atom. The van der Waals surface area contributed by atoms with Gasteiger partial charge in [-0.05, 0) is 39.1 Å². The van der Waals surface area contributed by atoms with Crippen molar-refractivity contribution in [3.8, 4) is 0 Å². The van der Waals surface area contributed by atoms with E-state index in [2.05, 4.69) is 68.1 Å². The normalized spacial score (nSPS) is 8.41. The number of para-hydroxylation sites is 1. The highest BCUT2D eigenvalue weighted by Gasteiger charge is 1.96. The molecule has 1 rings (SSSR count). The summed E-state index contributed by atoms with van der Waals surface area (Å²) in [5.74, 6) is 0. The lowest BCUT2D eigenvalue weighted by molar-refractivity contribution is 1.01. The quantitative estimate of drug-likeness (QED) is 0.659. The molecule has 0 bridgehead atoms. The van der Waals surface area contributed by atoms with Crippen molar-refractivity contribution >= 4 is 5.69 Å². The van der Waals surface area contributed by atoms with Crippen molar-refractivity contribution in [1.82, 2.24) is 0 Å². The zero-order chi connectivity index (χ0) is 13.5. The second kappa shape index (κ2) is 14.2. The molecule has 0 unspecified atom stereocenters. The maximum Gasteiger partial charge on any atom is 0.0405 e. The Morgan fingerprint density at radius 2 is 1.59 bits per heavy atom. The third-order valence-corrected chi connectivity index (χ3v) is 1.76. The minimum absolute atomic E-state index is 1.01. The van der Waals surface area contributed by atoms with Crippen molar-refractivity contribution in [3.05, 3.63) is 68.4 Å². The van der Waals surface area contributed by atoms with Gasteiger partial charge in [0.05, 0.1) is 0 Å². The minimum Gasteiger partial charge on any atom is -0.349 e. The van der Waals surface area contributed by atoms with Crippen LogP contribution in [0.5, 0.6) is 0 Å². The van der Waals surface area contributed by atoms with Gasteiger partial charge in [-0.25, -0.2) is 0 Å². The fraction of sp³-hybridized carbons (Fsp3) is 0.250. The third-order valence-electron chi connectivity index (χ3n) is 1.76. The molecule has 1 heteroatoms. The van der Waals surface area contributed by atoms with E-state index < -0.39 is 0 Å². The van der Waals surface area contributed by atoms with E-state index >= 15 is 0 Å². The summed E-state index contributed by atoms with van der Waals surface area (Å²) in [6.07, 6.45) is 5.89. The average Bonchev–Trinajstić information content (AvgIpc) is 2.40. The van der Waals surface area contributed by atoms with E-state index in [9.17, 15) is 0 Å². The Balaban J connectivity index is 0. The molecule has 0 radical (unpaired) electrons. The molecule has 0 heterocycles. The lowest BCUT2D eigenvalue weighted by atomic mass is 10.3. The summed E-state index contributed by atoms with van der Waals surface area (Å²) in [5.41, 5.74) is 1.25. The van der Waals surface area contributed by atoms with Crippen molar-refractivity contribution in [3.63, 3.8) is 0 Å². The van der Waals surface area contributed by atoms with Crippen molar-refractivity contribution in [2.75, 3.05) is 11.4 Å². The molecular formula is C16H25N. The van der Waals surface area contributed by atoms with Crippen LogP contribution in [0.4, 0.5) is 5.69 Å². The standard InChI is InChI=1S/C11H15N.C3H6.C2H4/c1-3-10-12(4-2)11-8-6-5-7-9-11;1-3-2;1-2/h3,5-10H,4H2,1-2H3;3H,1H2,2H3;1-2H2/b10-3+;;. The van der Waals surface area contributed by atoms with Gasteiger partial charge in [0, 0.05) is 12.2 Å². The number of rotatable bonds is 3. The number of anilines is 1. The summed E-state index contributed by atoms with van der Waals surface area (Å²) in [6, 6.07) is 10.4. The molecular weight excluding hydrogens is 206 g/mol. The lowest BCUT2D eigenvalue weighted by Crippen LogP contribution is -2.14. The van der Waals surface area contributed by atoms with Gasteiger partial charge in [-0.15, -0.1) is 19.7 Å². The monoisotopic (exact) mass is 231 g/mol. The molecule has 0 fully saturated rings. The first-order chi connectivity index (χ1) is 8.29. The summed E-state index contributed by atoms with van der Waals surface area (Å²) in [4.78, 5) is 2.21. The first-order valence-electron chi connectivity index (χ1n) is 5.81. The Kier molecular flexibility index (Phi) is 14.8. The van der Waals surface area contributed by atoms with Gasteiger partial charge < -0.3 is 4.90 Å². The molecule has 1 aromatic carbocycles. The van der Waals surface area contributed by atoms with E-state index in [1.807, 2.05) is 19.9 Å². The molecule has 0 spiro atoms. The highest BCUT2D eigenvalue weighted by molar-refractivity contribution is 5.48. The van der Waals surface area contributed by atoms with E-state index in [0.717, 1.165) is 6.54 Å². The maximum absolute atomic E-state index is 3.36. The molecule has 0 aromatic heterocycles. The first kappa shape index (κ1) is 17.6.